The Labute approximate surface area is 132 Å². The van der Waals surface area contributed by atoms with Gasteiger partial charge in [0, 0.05) is 0 Å². The lowest BCUT2D eigenvalue weighted by atomic mass is 10.0. The van der Waals surface area contributed by atoms with Gasteiger partial charge in [-0.05, 0) is 70.8 Å². The molecule has 108 valence electrons. The molecule has 0 aliphatic rings. The van der Waals surface area contributed by atoms with Crippen molar-refractivity contribution in [2.75, 3.05) is 13.7 Å². The molecule has 1 unspecified atom stereocenters. The fourth-order valence-corrected chi connectivity index (χ4v) is 2.65. The number of hydrogen-bond acceptors (Lipinski definition) is 3. The van der Waals surface area contributed by atoms with Gasteiger partial charge in [-0.25, -0.2) is 0 Å². The van der Waals surface area contributed by atoms with E-state index in [1.165, 1.54) is 0 Å². The first-order valence-corrected chi connectivity index (χ1v) is 7.67. The van der Waals surface area contributed by atoms with Crippen molar-refractivity contribution < 1.29 is 9.15 Å². The summed E-state index contributed by atoms with van der Waals surface area (Å²) >= 11 is 9.38. The number of halogens is 2. The number of ether oxygens (including phenoxy) is 1. The maximum absolute atomic E-state index is 5.84. The zero-order chi connectivity index (χ0) is 14.5. The molecule has 3 nitrogen and oxygen atoms in total. The third-order valence-electron chi connectivity index (χ3n) is 2.92. The van der Waals surface area contributed by atoms with Crippen molar-refractivity contribution in [3.8, 4) is 5.75 Å². The smallest absolute Gasteiger partial charge is 0.193 e. The molecule has 2 rings (SSSR count). The lowest BCUT2D eigenvalue weighted by molar-refractivity contribution is 0.315. The number of benzene rings is 1. The Balaban J connectivity index is 2.24. The molecule has 0 amide bonds. The van der Waals surface area contributed by atoms with Gasteiger partial charge in [0.2, 0.25) is 0 Å². The van der Waals surface area contributed by atoms with E-state index >= 15 is 0 Å². The van der Waals surface area contributed by atoms with Gasteiger partial charge in [0.1, 0.15) is 11.5 Å². The highest BCUT2D eigenvalue weighted by Crippen LogP contribution is 2.32. The molecule has 1 heterocycles. The molecule has 0 spiro atoms. The highest BCUT2D eigenvalue weighted by atomic mass is 79.9. The van der Waals surface area contributed by atoms with Crippen LogP contribution in [0.2, 0.25) is 5.22 Å². The van der Waals surface area contributed by atoms with Gasteiger partial charge in [0.25, 0.3) is 0 Å². The zero-order valence-corrected chi connectivity index (χ0v) is 13.8. The van der Waals surface area contributed by atoms with Gasteiger partial charge < -0.3 is 14.5 Å². The van der Waals surface area contributed by atoms with Crippen LogP contribution in [0.4, 0.5) is 0 Å². The monoisotopic (exact) mass is 357 g/mol. The Morgan fingerprint density at radius 2 is 2.15 bits per heavy atom. The summed E-state index contributed by atoms with van der Waals surface area (Å²) in [6, 6.07) is 9.59. The second-order valence-electron chi connectivity index (χ2n) is 4.40. The van der Waals surface area contributed by atoms with Gasteiger partial charge in [-0.1, -0.05) is 13.0 Å². The molecule has 0 aliphatic carbocycles. The molecule has 0 radical (unpaired) electrons. The molecule has 0 saturated carbocycles. The summed E-state index contributed by atoms with van der Waals surface area (Å²) in [5, 5.41) is 3.61. The Hall–Kier alpha value is -0.970. The van der Waals surface area contributed by atoms with Crippen molar-refractivity contribution in [1.82, 2.24) is 5.32 Å². The molecule has 0 aliphatic heterocycles. The van der Waals surface area contributed by atoms with Gasteiger partial charge in [0.05, 0.1) is 17.1 Å². The van der Waals surface area contributed by atoms with Crippen LogP contribution in [-0.4, -0.2) is 13.7 Å². The average molecular weight is 359 g/mol. The molecule has 0 fully saturated rings. The molecular weight excluding hydrogens is 342 g/mol. The zero-order valence-electron chi connectivity index (χ0n) is 11.5. The number of hydrogen-bond donors (Lipinski definition) is 1. The highest BCUT2D eigenvalue weighted by molar-refractivity contribution is 9.10. The van der Waals surface area contributed by atoms with Crippen LogP contribution in [0.1, 0.15) is 30.7 Å². The van der Waals surface area contributed by atoms with E-state index in [-0.39, 0.29) is 6.04 Å². The summed E-state index contributed by atoms with van der Waals surface area (Å²) in [6.07, 6.45) is 0.984. The standard InChI is InChI=1S/C15H17BrClNO2/c1-3-8-19-12-5-4-10(9-11(12)16)15(18-2)13-6-7-14(17)20-13/h4-7,9,15,18H,3,8H2,1-2H3. The van der Waals surface area contributed by atoms with Crippen LogP contribution in [-0.2, 0) is 0 Å². The molecule has 1 atom stereocenters. The molecule has 5 heteroatoms. The summed E-state index contributed by atoms with van der Waals surface area (Å²) < 4.78 is 12.1. The lowest BCUT2D eigenvalue weighted by Gasteiger charge is -2.16. The molecule has 1 aromatic heterocycles. The molecule has 1 N–H and O–H groups in total. The van der Waals surface area contributed by atoms with E-state index in [9.17, 15) is 0 Å². The van der Waals surface area contributed by atoms with Crippen LogP contribution in [0.15, 0.2) is 39.2 Å². The SMILES string of the molecule is CCCOc1ccc(C(NC)c2ccc(Cl)o2)cc1Br. The molecule has 2 aromatic rings. The van der Waals surface area contributed by atoms with E-state index in [1.807, 2.05) is 31.3 Å². The van der Waals surface area contributed by atoms with E-state index in [0.717, 1.165) is 28.0 Å². The quantitative estimate of drug-likeness (QED) is 0.806. The summed E-state index contributed by atoms with van der Waals surface area (Å²) in [7, 11) is 1.89. The Bertz CT molecular complexity index is 571. The van der Waals surface area contributed by atoms with Crippen molar-refractivity contribution in [2.45, 2.75) is 19.4 Å². The first-order chi connectivity index (χ1) is 9.65. The van der Waals surface area contributed by atoms with E-state index < -0.39 is 0 Å². The van der Waals surface area contributed by atoms with Gasteiger partial charge in [0.15, 0.2) is 5.22 Å². The van der Waals surface area contributed by atoms with Gasteiger partial charge in [-0.15, -0.1) is 0 Å². The number of nitrogens with one attached hydrogen (secondary N) is 1. The summed E-state index contributed by atoms with van der Waals surface area (Å²) in [4.78, 5) is 0. The van der Waals surface area contributed by atoms with Crippen LogP contribution >= 0.6 is 27.5 Å². The topological polar surface area (TPSA) is 34.4 Å². The molecule has 20 heavy (non-hydrogen) atoms. The Kier molecular flexibility index (Phi) is 5.52. The van der Waals surface area contributed by atoms with E-state index in [1.54, 1.807) is 6.07 Å². The van der Waals surface area contributed by atoms with E-state index in [0.29, 0.717) is 11.8 Å². The Morgan fingerprint density at radius 1 is 1.35 bits per heavy atom. The first-order valence-electron chi connectivity index (χ1n) is 6.50. The second kappa shape index (κ2) is 7.16. The maximum Gasteiger partial charge on any atom is 0.193 e. The fourth-order valence-electron chi connectivity index (χ4n) is 1.98. The third-order valence-corrected chi connectivity index (χ3v) is 3.74. The predicted octanol–water partition coefficient (Wildman–Crippen LogP) is 4.79. The minimum atomic E-state index is -0.0426. The Morgan fingerprint density at radius 3 is 2.70 bits per heavy atom. The number of furan rings is 1. The normalized spacial score (nSPS) is 12.4. The number of rotatable bonds is 6. The van der Waals surface area contributed by atoms with Crippen molar-refractivity contribution in [3.63, 3.8) is 0 Å². The largest absolute Gasteiger partial charge is 0.492 e. The molecular formula is C15H17BrClNO2. The van der Waals surface area contributed by atoms with Crippen molar-refractivity contribution in [1.29, 1.82) is 0 Å². The fraction of sp³-hybridized carbons (Fsp3) is 0.333. The van der Waals surface area contributed by atoms with Crippen molar-refractivity contribution in [3.05, 3.63) is 51.3 Å². The van der Waals surface area contributed by atoms with E-state index in [2.05, 4.69) is 28.2 Å². The van der Waals surface area contributed by atoms with Crippen molar-refractivity contribution in [2.24, 2.45) is 0 Å². The van der Waals surface area contributed by atoms with Crippen LogP contribution in [0, 0.1) is 0 Å². The van der Waals surface area contributed by atoms with Crippen molar-refractivity contribution >= 4 is 27.5 Å². The predicted molar refractivity (Wildman–Crippen MR) is 84.5 cm³/mol. The maximum atomic E-state index is 5.84. The summed E-state index contributed by atoms with van der Waals surface area (Å²) in [6.45, 7) is 2.79. The molecule has 1 aromatic carbocycles. The van der Waals surface area contributed by atoms with Crippen LogP contribution < -0.4 is 10.1 Å². The average Bonchev–Trinajstić information content (AvgIpc) is 2.85. The lowest BCUT2D eigenvalue weighted by Crippen LogP contribution is -2.17. The first kappa shape index (κ1) is 15.4. The highest BCUT2D eigenvalue weighted by Gasteiger charge is 2.17. The third kappa shape index (κ3) is 3.57. The van der Waals surface area contributed by atoms with Crippen LogP contribution in [0.25, 0.3) is 0 Å². The minimum Gasteiger partial charge on any atom is -0.492 e. The minimum absolute atomic E-state index is 0.0426. The van der Waals surface area contributed by atoms with Gasteiger partial charge in [-0.3, -0.25) is 0 Å². The van der Waals surface area contributed by atoms with E-state index in [4.69, 9.17) is 20.8 Å². The van der Waals surface area contributed by atoms with Crippen LogP contribution in [0.5, 0.6) is 5.75 Å². The van der Waals surface area contributed by atoms with Gasteiger partial charge >= 0.3 is 0 Å². The molecule has 0 bridgehead atoms. The van der Waals surface area contributed by atoms with Gasteiger partial charge in [-0.2, -0.15) is 0 Å². The second-order valence-corrected chi connectivity index (χ2v) is 5.63. The summed E-state index contributed by atoms with van der Waals surface area (Å²) in [5.74, 6) is 1.63. The summed E-state index contributed by atoms with van der Waals surface area (Å²) in [5.41, 5.74) is 1.08. The van der Waals surface area contributed by atoms with Crippen LogP contribution in [0.3, 0.4) is 0 Å². The molecule has 0 saturated heterocycles.